The molecular weight excluding hydrogens is 334 g/mol. The Morgan fingerprint density at radius 3 is 2.78 bits per heavy atom. The number of aryl methyl sites for hydroxylation is 1. The van der Waals surface area contributed by atoms with Crippen LogP contribution in [0.3, 0.4) is 0 Å². The summed E-state index contributed by atoms with van der Waals surface area (Å²) < 4.78 is 2.08. The van der Waals surface area contributed by atoms with Crippen molar-refractivity contribution in [1.29, 1.82) is 0 Å². The summed E-state index contributed by atoms with van der Waals surface area (Å²) in [5, 5.41) is 7.86. The quantitative estimate of drug-likeness (QED) is 0.752. The number of nitrogens with one attached hydrogen (secondary N) is 1. The van der Waals surface area contributed by atoms with E-state index in [-0.39, 0.29) is 11.9 Å². The van der Waals surface area contributed by atoms with Crippen molar-refractivity contribution in [1.82, 2.24) is 15.1 Å². The molecule has 1 aliphatic carbocycles. The predicted octanol–water partition coefficient (Wildman–Crippen LogP) is 4.36. The van der Waals surface area contributed by atoms with Crippen molar-refractivity contribution >= 4 is 5.91 Å². The number of nitrogens with zero attached hydrogens (tertiary/aromatic N) is 2. The molecule has 1 aliphatic rings. The molecule has 0 unspecified atom stereocenters. The number of aromatic nitrogens is 2. The Balaban J connectivity index is 1.55. The van der Waals surface area contributed by atoms with Crippen molar-refractivity contribution in [3.05, 3.63) is 88.2 Å². The van der Waals surface area contributed by atoms with Crippen molar-refractivity contribution < 1.29 is 4.79 Å². The molecule has 3 aromatic rings. The van der Waals surface area contributed by atoms with E-state index in [0.717, 1.165) is 48.1 Å². The average molecular weight is 359 g/mol. The molecular formula is C23H25N3O. The Labute approximate surface area is 160 Å². The van der Waals surface area contributed by atoms with Crippen molar-refractivity contribution in [3.63, 3.8) is 0 Å². The van der Waals surface area contributed by atoms with E-state index >= 15 is 0 Å². The van der Waals surface area contributed by atoms with E-state index in [1.165, 1.54) is 11.3 Å². The fourth-order valence-electron chi connectivity index (χ4n) is 3.89. The second kappa shape index (κ2) is 7.39. The highest BCUT2D eigenvalue weighted by atomic mass is 16.1. The Bertz CT molecular complexity index is 959. The summed E-state index contributed by atoms with van der Waals surface area (Å²) in [5.41, 5.74) is 6.60. The van der Waals surface area contributed by atoms with Gasteiger partial charge in [-0.1, -0.05) is 42.5 Å². The predicted molar refractivity (Wildman–Crippen MR) is 107 cm³/mol. The zero-order valence-electron chi connectivity index (χ0n) is 15.9. The standard InChI is InChI=1S/C23H25N3O/c1-16-8-6-11-19(17(16)2)23(27)25-21-12-7-13-22-20(21)14-24-26(22)15-18-9-4-3-5-10-18/h3-6,8-11,14,21H,7,12-13,15H2,1-2H3,(H,25,27)/t21-/m0/s1. The second-order valence-electron chi connectivity index (χ2n) is 7.36. The highest BCUT2D eigenvalue weighted by Crippen LogP contribution is 2.30. The summed E-state index contributed by atoms with van der Waals surface area (Å²) in [4.78, 5) is 12.9. The zero-order chi connectivity index (χ0) is 18.8. The van der Waals surface area contributed by atoms with Gasteiger partial charge in [-0.25, -0.2) is 0 Å². The van der Waals surface area contributed by atoms with Crippen LogP contribution in [-0.4, -0.2) is 15.7 Å². The van der Waals surface area contributed by atoms with Crippen molar-refractivity contribution in [2.75, 3.05) is 0 Å². The first kappa shape index (κ1) is 17.5. The number of carbonyl (C=O) groups is 1. The molecule has 27 heavy (non-hydrogen) atoms. The van der Waals surface area contributed by atoms with Crippen LogP contribution in [0.25, 0.3) is 0 Å². The molecule has 1 amide bonds. The third kappa shape index (κ3) is 3.52. The van der Waals surface area contributed by atoms with Crippen LogP contribution in [0.1, 0.15) is 57.2 Å². The first-order chi connectivity index (χ1) is 13.1. The number of hydrogen-bond donors (Lipinski definition) is 1. The van der Waals surface area contributed by atoms with Gasteiger partial charge in [-0.15, -0.1) is 0 Å². The number of benzene rings is 2. The van der Waals surface area contributed by atoms with Gasteiger partial charge in [0.25, 0.3) is 5.91 Å². The lowest BCUT2D eigenvalue weighted by Gasteiger charge is -2.24. The van der Waals surface area contributed by atoms with Crippen LogP contribution in [0.2, 0.25) is 0 Å². The van der Waals surface area contributed by atoms with Gasteiger partial charge < -0.3 is 5.32 Å². The molecule has 1 aromatic heterocycles. The molecule has 0 spiro atoms. The van der Waals surface area contributed by atoms with Crippen molar-refractivity contribution in [2.24, 2.45) is 0 Å². The van der Waals surface area contributed by atoms with Gasteiger partial charge in [-0.2, -0.15) is 5.10 Å². The largest absolute Gasteiger partial charge is 0.345 e. The topological polar surface area (TPSA) is 46.9 Å². The summed E-state index contributed by atoms with van der Waals surface area (Å²) >= 11 is 0. The average Bonchev–Trinajstić information content (AvgIpc) is 3.09. The molecule has 0 bridgehead atoms. The van der Waals surface area contributed by atoms with E-state index in [1.54, 1.807) is 0 Å². The van der Waals surface area contributed by atoms with E-state index < -0.39 is 0 Å². The Kier molecular flexibility index (Phi) is 4.80. The zero-order valence-corrected chi connectivity index (χ0v) is 15.9. The third-order valence-corrected chi connectivity index (χ3v) is 5.59. The van der Waals surface area contributed by atoms with Crippen LogP contribution in [0.5, 0.6) is 0 Å². The van der Waals surface area contributed by atoms with Crippen LogP contribution in [0.15, 0.2) is 54.7 Å². The molecule has 0 aliphatic heterocycles. The van der Waals surface area contributed by atoms with Gasteiger partial charge in [0.1, 0.15) is 0 Å². The van der Waals surface area contributed by atoms with Crippen molar-refractivity contribution in [2.45, 2.75) is 45.7 Å². The molecule has 0 saturated carbocycles. The van der Waals surface area contributed by atoms with Crippen molar-refractivity contribution in [3.8, 4) is 0 Å². The number of rotatable bonds is 4. The van der Waals surface area contributed by atoms with E-state index in [1.807, 2.05) is 44.3 Å². The van der Waals surface area contributed by atoms with Gasteiger partial charge >= 0.3 is 0 Å². The summed E-state index contributed by atoms with van der Waals surface area (Å²) in [5.74, 6) is 0.00450. The lowest BCUT2D eigenvalue weighted by atomic mass is 9.92. The smallest absolute Gasteiger partial charge is 0.252 e. The number of fused-ring (bicyclic) bond motifs is 1. The molecule has 2 aromatic carbocycles. The van der Waals surface area contributed by atoms with Gasteiger partial charge in [-0.05, 0) is 55.9 Å². The Morgan fingerprint density at radius 2 is 1.96 bits per heavy atom. The molecule has 4 rings (SSSR count). The molecule has 0 radical (unpaired) electrons. The monoisotopic (exact) mass is 359 g/mol. The summed E-state index contributed by atoms with van der Waals surface area (Å²) in [6.45, 7) is 4.82. The maximum Gasteiger partial charge on any atom is 0.252 e. The van der Waals surface area contributed by atoms with Crippen LogP contribution in [0.4, 0.5) is 0 Å². The summed E-state index contributed by atoms with van der Waals surface area (Å²) in [6.07, 6.45) is 4.97. The van der Waals surface area contributed by atoms with Gasteiger partial charge in [0.2, 0.25) is 0 Å². The highest BCUT2D eigenvalue weighted by Gasteiger charge is 2.26. The lowest BCUT2D eigenvalue weighted by molar-refractivity contribution is 0.0932. The SMILES string of the molecule is Cc1cccc(C(=O)N[C@H]2CCCc3c2cnn3Cc2ccccc2)c1C. The molecule has 1 N–H and O–H groups in total. The first-order valence-corrected chi connectivity index (χ1v) is 9.59. The minimum absolute atomic E-state index is 0.00450. The van der Waals surface area contributed by atoms with Gasteiger partial charge in [0, 0.05) is 16.8 Å². The molecule has 1 heterocycles. The van der Waals surface area contributed by atoms with Crippen LogP contribution in [0, 0.1) is 13.8 Å². The molecule has 138 valence electrons. The van der Waals surface area contributed by atoms with Gasteiger partial charge in [0.15, 0.2) is 0 Å². The maximum atomic E-state index is 12.9. The molecule has 1 atom stereocenters. The first-order valence-electron chi connectivity index (χ1n) is 9.59. The van der Waals surface area contributed by atoms with Gasteiger partial charge in [-0.3, -0.25) is 9.48 Å². The van der Waals surface area contributed by atoms with Crippen LogP contribution in [-0.2, 0) is 13.0 Å². The minimum atomic E-state index is 0.00450. The van der Waals surface area contributed by atoms with Crippen LogP contribution < -0.4 is 5.32 Å². The van der Waals surface area contributed by atoms with E-state index in [9.17, 15) is 4.79 Å². The fourth-order valence-corrected chi connectivity index (χ4v) is 3.89. The Morgan fingerprint density at radius 1 is 1.15 bits per heavy atom. The highest BCUT2D eigenvalue weighted by molar-refractivity contribution is 5.96. The molecule has 0 fully saturated rings. The molecule has 4 heteroatoms. The molecule has 4 nitrogen and oxygen atoms in total. The number of carbonyl (C=O) groups excluding carboxylic acids is 1. The number of amides is 1. The van der Waals surface area contributed by atoms with Gasteiger partial charge in [0.05, 0.1) is 18.8 Å². The third-order valence-electron chi connectivity index (χ3n) is 5.59. The summed E-state index contributed by atoms with van der Waals surface area (Å²) in [7, 11) is 0. The summed E-state index contributed by atoms with van der Waals surface area (Å²) in [6, 6.07) is 16.3. The minimum Gasteiger partial charge on any atom is -0.345 e. The second-order valence-corrected chi connectivity index (χ2v) is 7.36. The van der Waals surface area contributed by atoms with E-state index in [0.29, 0.717) is 0 Å². The number of hydrogen-bond acceptors (Lipinski definition) is 2. The Hall–Kier alpha value is -2.88. The van der Waals surface area contributed by atoms with E-state index in [2.05, 4.69) is 39.4 Å². The lowest BCUT2D eigenvalue weighted by Crippen LogP contribution is -2.31. The maximum absolute atomic E-state index is 12.9. The normalized spacial score (nSPS) is 16.0. The van der Waals surface area contributed by atoms with E-state index in [4.69, 9.17) is 0 Å². The van der Waals surface area contributed by atoms with Crippen LogP contribution >= 0.6 is 0 Å². The molecule has 0 saturated heterocycles. The fraction of sp³-hybridized carbons (Fsp3) is 0.304.